The number of ether oxygens (including phenoxy) is 1. The Morgan fingerprint density at radius 1 is 1.48 bits per heavy atom. The summed E-state index contributed by atoms with van der Waals surface area (Å²) >= 11 is 1.69. The van der Waals surface area contributed by atoms with Crippen molar-refractivity contribution in [1.29, 1.82) is 0 Å². The average molecular weight is 447 g/mol. The van der Waals surface area contributed by atoms with Gasteiger partial charge in [-0.2, -0.15) is 0 Å². The van der Waals surface area contributed by atoms with Gasteiger partial charge < -0.3 is 14.7 Å². The van der Waals surface area contributed by atoms with Crippen LogP contribution < -0.4 is 4.74 Å². The third-order valence-corrected chi connectivity index (χ3v) is 6.45. The van der Waals surface area contributed by atoms with Crippen molar-refractivity contribution in [2.75, 3.05) is 32.8 Å². The van der Waals surface area contributed by atoms with Gasteiger partial charge in [0.1, 0.15) is 18.2 Å². The predicted octanol–water partition coefficient (Wildman–Crippen LogP) is 4.04. The van der Waals surface area contributed by atoms with E-state index in [4.69, 9.17) is 4.74 Å². The fourth-order valence-corrected chi connectivity index (χ4v) is 4.93. The summed E-state index contributed by atoms with van der Waals surface area (Å²) in [5.74, 6) is 0.0944. The monoisotopic (exact) mass is 446 g/mol. The van der Waals surface area contributed by atoms with Gasteiger partial charge in [-0.15, -0.1) is 17.9 Å². The molecule has 1 aliphatic rings. The minimum Gasteiger partial charge on any atom is -0.491 e. The second-order valence-electron chi connectivity index (χ2n) is 7.85. The molecule has 1 aromatic carbocycles. The molecule has 1 aromatic heterocycles. The summed E-state index contributed by atoms with van der Waals surface area (Å²) in [6.45, 7) is 7.88. The van der Waals surface area contributed by atoms with Crippen molar-refractivity contribution in [3.05, 3.63) is 64.6 Å². The normalized spacial score (nSPS) is 16.8. The minimum absolute atomic E-state index is 0.00441. The lowest BCUT2D eigenvalue weighted by molar-refractivity contribution is -0.136. The number of rotatable bonds is 11. The van der Waals surface area contributed by atoms with Gasteiger partial charge in [-0.05, 0) is 42.0 Å². The van der Waals surface area contributed by atoms with Crippen LogP contribution in [0.5, 0.6) is 5.75 Å². The maximum atomic E-state index is 13.5. The van der Waals surface area contributed by atoms with E-state index in [9.17, 15) is 14.3 Å². The molecule has 7 heteroatoms. The number of carbonyl (C=O) groups excluding carboxylic acids is 1. The van der Waals surface area contributed by atoms with Gasteiger partial charge in [0.2, 0.25) is 5.91 Å². The van der Waals surface area contributed by atoms with Crippen molar-refractivity contribution >= 4 is 17.2 Å². The summed E-state index contributed by atoms with van der Waals surface area (Å²) in [5, 5.41) is 12.2. The van der Waals surface area contributed by atoms with E-state index in [2.05, 4.69) is 6.58 Å². The Morgan fingerprint density at radius 3 is 3.06 bits per heavy atom. The Labute approximate surface area is 187 Å². The molecule has 1 N–H and O–H groups in total. The van der Waals surface area contributed by atoms with Crippen molar-refractivity contribution < 1.29 is 19.0 Å². The summed E-state index contributed by atoms with van der Waals surface area (Å²) in [7, 11) is 0. The van der Waals surface area contributed by atoms with Crippen LogP contribution in [0.1, 0.15) is 36.2 Å². The average Bonchev–Trinajstić information content (AvgIpc) is 3.21. The molecule has 2 heterocycles. The SMILES string of the molecule is C=CCN(CC(=O)N1CCc2sccc2[C@@H]1COc1cccc(F)c1)C[C@@H](O)CCC. The highest BCUT2D eigenvalue weighted by atomic mass is 32.1. The molecule has 168 valence electrons. The van der Waals surface area contributed by atoms with Crippen molar-refractivity contribution in [1.82, 2.24) is 9.80 Å². The molecule has 3 rings (SSSR count). The third kappa shape index (κ3) is 6.38. The lowest BCUT2D eigenvalue weighted by atomic mass is 10.0. The largest absolute Gasteiger partial charge is 0.491 e. The number of aliphatic hydroxyl groups excluding tert-OH is 1. The molecule has 31 heavy (non-hydrogen) atoms. The van der Waals surface area contributed by atoms with Crippen molar-refractivity contribution in [2.24, 2.45) is 0 Å². The fourth-order valence-electron chi connectivity index (χ4n) is 4.00. The first-order chi connectivity index (χ1) is 15.0. The number of amides is 1. The van der Waals surface area contributed by atoms with Gasteiger partial charge in [0.05, 0.1) is 18.7 Å². The second-order valence-corrected chi connectivity index (χ2v) is 8.85. The predicted molar refractivity (Wildman–Crippen MR) is 122 cm³/mol. The molecule has 0 saturated heterocycles. The lowest BCUT2D eigenvalue weighted by Gasteiger charge is -2.37. The Balaban J connectivity index is 1.72. The van der Waals surface area contributed by atoms with Crippen LogP contribution in [0.25, 0.3) is 0 Å². The Morgan fingerprint density at radius 2 is 2.32 bits per heavy atom. The number of hydrogen-bond donors (Lipinski definition) is 1. The van der Waals surface area contributed by atoms with E-state index in [1.54, 1.807) is 29.5 Å². The summed E-state index contributed by atoms with van der Waals surface area (Å²) < 4.78 is 19.4. The first-order valence-corrected chi connectivity index (χ1v) is 11.6. The standard InChI is InChI=1S/C24H31FN2O3S/c1-3-6-19(28)15-26(11-4-2)16-24(29)27-12-9-23-21(10-13-31-23)22(27)17-30-20-8-5-7-18(25)14-20/h4-5,7-8,10,13-14,19,22,28H,2-3,6,9,11-12,15-17H2,1H3/t19-,22-/m0/s1. The number of benzene rings is 1. The maximum absolute atomic E-state index is 13.5. The van der Waals surface area contributed by atoms with Gasteiger partial charge in [0.15, 0.2) is 0 Å². The molecule has 0 spiro atoms. The Hall–Kier alpha value is -2.22. The van der Waals surface area contributed by atoms with Crippen LogP contribution in [0.15, 0.2) is 48.4 Å². The van der Waals surface area contributed by atoms with Gasteiger partial charge in [-0.25, -0.2) is 4.39 Å². The number of nitrogens with zero attached hydrogens (tertiary/aromatic N) is 2. The molecule has 2 aromatic rings. The number of halogens is 1. The summed E-state index contributed by atoms with van der Waals surface area (Å²) in [5.41, 5.74) is 1.10. The van der Waals surface area contributed by atoms with Gasteiger partial charge in [-0.1, -0.05) is 25.5 Å². The molecule has 0 bridgehead atoms. The number of carbonyl (C=O) groups is 1. The van der Waals surface area contributed by atoms with Crippen LogP contribution in [0.3, 0.4) is 0 Å². The van der Waals surface area contributed by atoms with E-state index in [1.165, 1.54) is 17.0 Å². The topological polar surface area (TPSA) is 53.0 Å². The molecule has 1 amide bonds. The molecular weight excluding hydrogens is 415 g/mol. The maximum Gasteiger partial charge on any atom is 0.237 e. The van der Waals surface area contributed by atoms with E-state index in [0.717, 1.165) is 18.4 Å². The van der Waals surface area contributed by atoms with Crippen LogP contribution in [0, 0.1) is 5.82 Å². The van der Waals surface area contributed by atoms with Crippen molar-refractivity contribution in [3.63, 3.8) is 0 Å². The van der Waals surface area contributed by atoms with Gasteiger partial charge in [0, 0.05) is 30.6 Å². The number of thiophene rings is 1. The zero-order valence-corrected chi connectivity index (χ0v) is 18.8. The zero-order chi connectivity index (χ0) is 22.2. The highest BCUT2D eigenvalue weighted by Crippen LogP contribution is 2.34. The molecule has 0 fully saturated rings. The number of hydrogen-bond acceptors (Lipinski definition) is 5. The molecule has 0 radical (unpaired) electrons. The molecule has 5 nitrogen and oxygen atoms in total. The lowest BCUT2D eigenvalue weighted by Crippen LogP contribution is -2.47. The minimum atomic E-state index is -0.463. The summed E-state index contributed by atoms with van der Waals surface area (Å²) in [4.78, 5) is 18.3. The van der Waals surface area contributed by atoms with E-state index < -0.39 is 6.10 Å². The third-order valence-electron chi connectivity index (χ3n) is 5.46. The molecule has 0 saturated carbocycles. The molecular formula is C24H31FN2O3S. The quantitative estimate of drug-likeness (QED) is 0.530. The smallest absolute Gasteiger partial charge is 0.237 e. The Bertz CT molecular complexity index is 872. The molecule has 0 unspecified atom stereocenters. The summed E-state index contributed by atoms with van der Waals surface area (Å²) in [6, 6.07) is 7.88. The second kappa shape index (κ2) is 11.4. The fraction of sp³-hybridized carbons (Fsp3) is 0.458. The van der Waals surface area contributed by atoms with E-state index in [1.807, 2.05) is 28.2 Å². The molecule has 2 atom stereocenters. The van der Waals surface area contributed by atoms with Crippen LogP contribution in [0.2, 0.25) is 0 Å². The van der Waals surface area contributed by atoms with Crippen molar-refractivity contribution in [2.45, 2.75) is 38.3 Å². The van der Waals surface area contributed by atoms with Gasteiger partial charge in [0.25, 0.3) is 0 Å². The van der Waals surface area contributed by atoms with E-state index in [0.29, 0.717) is 31.8 Å². The Kier molecular flexibility index (Phi) is 8.63. The number of fused-ring (bicyclic) bond motifs is 1. The van der Waals surface area contributed by atoms with Crippen LogP contribution in [-0.2, 0) is 11.2 Å². The van der Waals surface area contributed by atoms with E-state index >= 15 is 0 Å². The number of aliphatic hydroxyl groups is 1. The zero-order valence-electron chi connectivity index (χ0n) is 18.0. The van der Waals surface area contributed by atoms with Crippen LogP contribution >= 0.6 is 11.3 Å². The highest BCUT2D eigenvalue weighted by molar-refractivity contribution is 7.10. The van der Waals surface area contributed by atoms with Crippen molar-refractivity contribution in [3.8, 4) is 5.75 Å². The molecule has 1 aliphatic heterocycles. The van der Waals surface area contributed by atoms with Gasteiger partial charge >= 0.3 is 0 Å². The summed E-state index contributed by atoms with van der Waals surface area (Å²) in [6.07, 6.45) is 3.70. The first kappa shape index (κ1) is 23.4. The van der Waals surface area contributed by atoms with E-state index in [-0.39, 0.29) is 30.9 Å². The van der Waals surface area contributed by atoms with Gasteiger partial charge in [-0.3, -0.25) is 9.69 Å². The van der Waals surface area contributed by atoms with Crippen LogP contribution in [-0.4, -0.2) is 59.7 Å². The first-order valence-electron chi connectivity index (χ1n) is 10.8. The highest BCUT2D eigenvalue weighted by Gasteiger charge is 2.33. The molecule has 0 aliphatic carbocycles. The van der Waals surface area contributed by atoms with Crippen LogP contribution in [0.4, 0.5) is 4.39 Å².